The highest BCUT2D eigenvalue weighted by molar-refractivity contribution is 5.52. The summed E-state index contributed by atoms with van der Waals surface area (Å²) in [6.07, 6.45) is 1.00. The van der Waals surface area contributed by atoms with E-state index in [1.54, 1.807) is 0 Å². The van der Waals surface area contributed by atoms with E-state index in [9.17, 15) is 0 Å². The first-order valence-electron chi connectivity index (χ1n) is 5.15. The maximum Gasteiger partial charge on any atom is 0.0992 e. The van der Waals surface area contributed by atoms with E-state index in [4.69, 9.17) is 11.0 Å². The van der Waals surface area contributed by atoms with Gasteiger partial charge in [0.15, 0.2) is 0 Å². The Balaban J connectivity index is 2.21. The summed E-state index contributed by atoms with van der Waals surface area (Å²) >= 11 is 0. The van der Waals surface area contributed by atoms with Gasteiger partial charge in [-0.1, -0.05) is 6.07 Å². The molecule has 78 valence electrons. The number of anilines is 1. The van der Waals surface area contributed by atoms with Gasteiger partial charge in [0, 0.05) is 24.3 Å². The van der Waals surface area contributed by atoms with Crippen LogP contribution in [0.3, 0.4) is 0 Å². The van der Waals surface area contributed by atoms with Crippen molar-refractivity contribution in [2.24, 2.45) is 5.73 Å². The third kappa shape index (κ3) is 2.11. The number of nitrogens with zero attached hydrogens (tertiary/aromatic N) is 2. The summed E-state index contributed by atoms with van der Waals surface area (Å²) in [5.41, 5.74) is 7.78. The van der Waals surface area contributed by atoms with E-state index < -0.39 is 0 Å². The molecule has 0 aromatic heterocycles. The Bertz CT molecular complexity index is 404. The van der Waals surface area contributed by atoms with E-state index in [0.717, 1.165) is 25.2 Å². The minimum absolute atomic E-state index is 0.0946. The van der Waals surface area contributed by atoms with Gasteiger partial charge in [-0.05, 0) is 31.5 Å². The summed E-state index contributed by atoms with van der Waals surface area (Å²) in [6, 6.07) is 9.84. The van der Waals surface area contributed by atoms with Gasteiger partial charge in [-0.25, -0.2) is 0 Å². The number of nitriles is 1. The summed E-state index contributed by atoms with van der Waals surface area (Å²) in [6.45, 7) is 3.91. The second-order valence-electron chi connectivity index (χ2n) is 4.49. The van der Waals surface area contributed by atoms with Gasteiger partial charge in [0.05, 0.1) is 11.6 Å². The Kier molecular flexibility index (Phi) is 2.37. The number of hydrogen-bond donors (Lipinski definition) is 1. The fourth-order valence-corrected chi connectivity index (χ4v) is 1.98. The van der Waals surface area contributed by atoms with Crippen molar-refractivity contribution in [1.82, 2.24) is 0 Å². The maximum atomic E-state index is 8.81. The molecule has 1 saturated heterocycles. The van der Waals surface area contributed by atoms with Crippen molar-refractivity contribution < 1.29 is 0 Å². The molecule has 1 aliphatic rings. The molecule has 0 bridgehead atoms. The number of rotatable bonds is 1. The molecule has 15 heavy (non-hydrogen) atoms. The molecule has 0 spiro atoms. The van der Waals surface area contributed by atoms with E-state index in [1.165, 1.54) is 0 Å². The standard InChI is InChI=1S/C12H15N3/c1-12(14)5-6-15(9-12)11-4-2-3-10(7-11)8-13/h2-4,7H,5-6,9,14H2,1H3. The highest BCUT2D eigenvalue weighted by Gasteiger charge is 2.29. The van der Waals surface area contributed by atoms with Crippen molar-refractivity contribution in [1.29, 1.82) is 5.26 Å². The molecule has 1 atom stereocenters. The molecule has 2 rings (SSSR count). The van der Waals surface area contributed by atoms with Crippen LogP contribution in [0.25, 0.3) is 0 Å². The molecule has 0 amide bonds. The first-order chi connectivity index (χ1) is 7.11. The van der Waals surface area contributed by atoms with E-state index in [1.807, 2.05) is 24.3 Å². The van der Waals surface area contributed by atoms with Gasteiger partial charge in [-0.2, -0.15) is 5.26 Å². The van der Waals surface area contributed by atoms with Crippen molar-refractivity contribution in [2.45, 2.75) is 18.9 Å². The monoisotopic (exact) mass is 201 g/mol. The molecule has 1 aliphatic heterocycles. The van der Waals surface area contributed by atoms with Crippen LogP contribution in [0, 0.1) is 11.3 Å². The molecule has 2 N–H and O–H groups in total. The molecule has 3 heteroatoms. The molecule has 1 aromatic carbocycles. The first-order valence-corrected chi connectivity index (χ1v) is 5.15. The summed E-state index contributed by atoms with van der Waals surface area (Å²) in [4.78, 5) is 2.24. The van der Waals surface area contributed by atoms with Crippen LogP contribution in [-0.2, 0) is 0 Å². The van der Waals surface area contributed by atoms with Gasteiger partial charge >= 0.3 is 0 Å². The Morgan fingerprint density at radius 1 is 1.53 bits per heavy atom. The van der Waals surface area contributed by atoms with Crippen molar-refractivity contribution in [3.05, 3.63) is 29.8 Å². The molecule has 1 aromatic rings. The van der Waals surface area contributed by atoms with Crippen LogP contribution >= 0.6 is 0 Å². The maximum absolute atomic E-state index is 8.81. The number of benzene rings is 1. The summed E-state index contributed by atoms with van der Waals surface area (Å²) in [7, 11) is 0. The molecule has 1 fully saturated rings. The Morgan fingerprint density at radius 2 is 2.33 bits per heavy atom. The molecule has 3 nitrogen and oxygen atoms in total. The van der Waals surface area contributed by atoms with Crippen LogP contribution < -0.4 is 10.6 Å². The minimum atomic E-state index is -0.0946. The van der Waals surface area contributed by atoms with Crippen LogP contribution in [0.15, 0.2) is 24.3 Å². The summed E-state index contributed by atoms with van der Waals surface area (Å²) in [5.74, 6) is 0. The molecule has 1 unspecified atom stereocenters. The minimum Gasteiger partial charge on any atom is -0.370 e. The van der Waals surface area contributed by atoms with Crippen molar-refractivity contribution in [3.63, 3.8) is 0 Å². The summed E-state index contributed by atoms with van der Waals surface area (Å²) < 4.78 is 0. The topological polar surface area (TPSA) is 53.0 Å². The van der Waals surface area contributed by atoms with E-state index in [2.05, 4.69) is 17.9 Å². The molecular formula is C12H15N3. The fraction of sp³-hybridized carbons (Fsp3) is 0.417. The van der Waals surface area contributed by atoms with Crippen LogP contribution in [0.2, 0.25) is 0 Å². The van der Waals surface area contributed by atoms with E-state index in [-0.39, 0.29) is 5.54 Å². The lowest BCUT2D eigenvalue weighted by Crippen LogP contribution is -2.39. The predicted octanol–water partition coefficient (Wildman–Crippen LogP) is 1.49. The van der Waals surface area contributed by atoms with Crippen molar-refractivity contribution in [3.8, 4) is 6.07 Å². The zero-order chi connectivity index (χ0) is 10.9. The average Bonchev–Trinajstić information content (AvgIpc) is 2.59. The van der Waals surface area contributed by atoms with E-state index >= 15 is 0 Å². The quantitative estimate of drug-likeness (QED) is 0.749. The lowest BCUT2D eigenvalue weighted by Gasteiger charge is -2.21. The molecule has 0 aliphatic carbocycles. The van der Waals surface area contributed by atoms with E-state index in [0.29, 0.717) is 5.56 Å². The van der Waals surface area contributed by atoms with Gasteiger partial charge < -0.3 is 10.6 Å². The fourth-order valence-electron chi connectivity index (χ4n) is 1.98. The largest absolute Gasteiger partial charge is 0.370 e. The molecule has 0 saturated carbocycles. The van der Waals surface area contributed by atoms with Gasteiger partial charge in [0.25, 0.3) is 0 Å². The first kappa shape index (κ1) is 10.0. The third-order valence-electron chi connectivity index (χ3n) is 2.85. The second-order valence-corrected chi connectivity index (χ2v) is 4.49. The lowest BCUT2D eigenvalue weighted by atomic mass is 10.0. The Hall–Kier alpha value is -1.53. The highest BCUT2D eigenvalue weighted by Crippen LogP contribution is 2.25. The van der Waals surface area contributed by atoms with Crippen molar-refractivity contribution in [2.75, 3.05) is 18.0 Å². The van der Waals surface area contributed by atoms with Crippen LogP contribution in [0.4, 0.5) is 5.69 Å². The predicted molar refractivity (Wildman–Crippen MR) is 60.6 cm³/mol. The normalized spacial score (nSPS) is 25.3. The van der Waals surface area contributed by atoms with Crippen LogP contribution in [-0.4, -0.2) is 18.6 Å². The van der Waals surface area contributed by atoms with Crippen LogP contribution in [0.1, 0.15) is 18.9 Å². The van der Waals surface area contributed by atoms with Crippen LogP contribution in [0.5, 0.6) is 0 Å². The van der Waals surface area contributed by atoms with Gasteiger partial charge in [0.2, 0.25) is 0 Å². The highest BCUT2D eigenvalue weighted by atomic mass is 15.2. The number of hydrogen-bond acceptors (Lipinski definition) is 3. The third-order valence-corrected chi connectivity index (χ3v) is 2.85. The second kappa shape index (κ2) is 3.56. The smallest absolute Gasteiger partial charge is 0.0992 e. The molecular weight excluding hydrogens is 186 g/mol. The zero-order valence-corrected chi connectivity index (χ0v) is 8.90. The molecule has 0 radical (unpaired) electrons. The van der Waals surface area contributed by atoms with Crippen molar-refractivity contribution >= 4 is 5.69 Å². The SMILES string of the molecule is CC1(N)CCN(c2cccc(C#N)c2)C1. The Morgan fingerprint density at radius 3 is 2.93 bits per heavy atom. The van der Waals surface area contributed by atoms with Gasteiger partial charge in [0.1, 0.15) is 0 Å². The molecule has 1 heterocycles. The summed E-state index contributed by atoms with van der Waals surface area (Å²) in [5, 5.41) is 8.81. The lowest BCUT2D eigenvalue weighted by molar-refractivity contribution is 0.525. The van der Waals surface area contributed by atoms with Gasteiger partial charge in [-0.3, -0.25) is 0 Å². The Labute approximate surface area is 90.1 Å². The number of nitrogens with two attached hydrogens (primary N) is 1. The zero-order valence-electron chi connectivity index (χ0n) is 8.90. The van der Waals surface area contributed by atoms with Gasteiger partial charge in [-0.15, -0.1) is 0 Å². The average molecular weight is 201 g/mol.